The quantitative estimate of drug-likeness (QED) is 0.628. The van der Waals surface area contributed by atoms with Gasteiger partial charge in [-0.15, -0.1) is 0 Å². The minimum atomic E-state index is -1.11. The van der Waals surface area contributed by atoms with Crippen molar-refractivity contribution in [1.29, 1.82) is 0 Å². The van der Waals surface area contributed by atoms with Gasteiger partial charge in [-0.2, -0.15) is 0 Å². The Morgan fingerprint density at radius 1 is 1.32 bits per heavy atom. The van der Waals surface area contributed by atoms with Gasteiger partial charge in [-0.05, 0) is 56.9 Å². The van der Waals surface area contributed by atoms with Gasteiger partial charge in [0.2, 0.25) is 0 Å². The van der Waals surface area contributed by atoms with Gasteiger partial charge < -0.3 is 15.5 Å². The normalized spacial score (nSPS) is 20.0. The molecule has 1 aliphatic carbocycles. The van der Waals surface area contributed by atoms with Gasteiger partial charge >= 0.3 is 0 Å². The number of rotatable bonds is 5. The number of aliphatic hydroxyl groups is 2. The number of imidazole rings is 1. The van der Waals surface area contributed by atoms with Crippen LogP contribution in [-0.4, -0.2) is 36.8 Å². The summed E-state index contributed by atoms with van der Waals surface area (Å²) in [7, 11) is 0. The Bertz CT molecular complexity index is 996. The molecular weight excluding hydrogens is 359 g/mol. The average molecular weight is 384 g/mol. The van der Waals surface area contributed by atoms with E-state index >= 15 is 0 Å². The molecule has 0 unspecified atom stereocenters. The van der Waals surface area contributed by atoms with Crippen LogP contribution in [0.5, 0.6) is 0 Å². The summed E-state index contributed by atoms with van der Waals surface area (Å²) in [5.41, 5.74) is 2.27. The fourth-order valence-corrected chi connectivity index (χ4v) is 3.86. The van der Waals surface area contributed by atoms with E-state index in [0.29, 0.717) is 34.7 Å². The van der Waals surface area contributed by atoms with Crippen molar-refractivity contribution >= 4 is 11.5 Å². The standard InChI is InChI=1S/C21H25FN4O2/c1-21(2,28)14-11-26-18(10-23-20(26)9-13(14)12-27)17-7-4-8-19(25-17)24-16-6-3-5-15(16)22/h4,7-11,15-16,27-28H,3,5-6,12H2,1-2H3,(H,24,25)/t15-,16-/m0/s1. The zero-order valence-electron chi connectivity index (χ0n) is 16.1. The molecule has 1 fully saturated rings. The molecule has 6 nitrogen and oxygen atoms in total. The summed E-state index contributed by atoms with van der Waals surface area (Å²) in [5.74, 6) is 0.636. The maximum absolute atomic E-state index is 13.9. The third kappa shape index (κ3) is 3.47. The molecule has 28 heavy (non-hydrogen) atoms. The SMILES string of the molecule is CC(C)(O)c1cn2c(-c3cccc(N[C@H]4CCC[C@@H]4F)n3)cnc2cc1CO. The first-order valence-corrected chi connectivity index (χ1v) is 9.58. The predicted octanol–water partition coefficient (Wildman–Crippen LogP) is 3.42. The molecule has 0 aliphatic heterocycles. The van der Waals surface area contributed by atoms with Crippen LogP contribution in [0.25, 0.3) is 17.0 Å². The molecule has 3 heterocycles. The molecular formula is C21H25FN4O2. The maximum atomic E-state index is 13.9. The van der Waals surface area contributed by atoms with Crippen molar-refractivity contribution < 1.29 is 14.6 Å². The van der Waals surface area contributed by atoms with Crippen LogP contribution in [0.2, 0.25) is 0 Å². The van der Waals surface area contributed by atoms with Crippen molar-refractivity contribution in [2.75, 3.05) is 5.32 Å². The molecule has 0 amide bonds. The van der Waals surface area contributed by atoms with E-state index < -0.39 is 11.8 Å². The van der Waals surface area contributed by atoms with Crippen LogP contribution in [0, 0.1) is 0 Å². The highest BCUT2D eigenvalue weighted by molar-refractivity contribution is 5.63. The molecule has 4 rings (SSSR count). The molecule has 0 aromatic carbocycles. The molecule has 3 aromatic rings. The zero-order chi connectivity index (χ0) is 19.9. The second-order valence-electron chi connectivity index (χ2n) is 7.91. The highest BCUT2D eigenvalue weighted by Gasteiger charge is 2.27. The van der Waals surface area contributed by atoms with Gasteiger partial charge in [0.05, 0.1) is 35.8 Å². The fraction of sp³-hybridized carbons (Fsp3) is 0.429. The van der Waals surface area contributed by atoms with Gasteiger partial charge in [-0.3, -0.25) is 4.40 Å². The molecule has 1 saturated carbocycles. The number of nitrogens with one attached hydrogen (secondary N) is 1. The van der Waals surface area contributed by atoms with Crippen molar-refractivity contribution in [3.05, 3.63) is 47.8 Å². The van der Waals surface area contributed by atoms with Crippen molar-refractivity contribution in [2.24, 2.45) is 0 Å². The minimum absolute atomic E-state index is 0.179. The van der Waals surface area contributed by atoms with Gasteiger partial charge in [0.25, 0.3) is 0 Å². The number of hydrogen-bond donors (Lipinski definition) is 3. The van der Waals surface area contributed by atoms with Gasteiger partial charge in [0.15, 0.2) is 0 Å². The summed E-state index contributed by atoms with van der Waals surface area (Å²) in [4.78, 5) is 9.07. The number of aliphatic hydroxyl groups excluding tert-OH is 1. The van der Waals surface area contributed by atoms with E-state index in [2.05, 4.69) is 15.3 Å². The molecule has 0 bridgehead atoms. The average Bonchev–Trinajstić information content (AvgIpc) is 3.26. The predicted molar refractivity (Wildman–Crippen MR) is 106 cm³/mol. The molecule has 1 aliphatic rings. The summed E-state index contributed by atoms with van der Waals surface area (Å²) in [6, 6.07) is 7.17. The van der Waals surface area contributed by atoms with Crippen LogP contribution in [0.1, 0.15) is 44.2 Å². The highest BCUT2D eigenvalue weighted by atomic mass is 19.1. The number of pyridine rings is 2. The first kappa shape index (κ1) is 18.8. The smallest absolute Gasteiger partial charge is 0.137 e. The molecule has 0 saturated heterocycles. The summed E-state index contributed by atoms with van der Waals surface area (Å²) < 4.78 is 15.8. The minimum Gasteiger partial charge on any atom is -0.392 e. The number of fused-ring (bicyclic) bond motifs is 1. The third-order valence-corrected chi connectivity index (χ3v) is 5.34. The number of anilines is 1. The molecule has 0 spiro atoms. The highest BCUT2D eigenvalue weighted by Crippen LogP contribution is 2.29. The van der Waals surface area contributed by atoms with Gasteiger partial charge in [0, 0.05) is 11.8 Å². The number of nitrogens with zero attached hydrogens (tertiary/aromatic N) is 3. The molecule has 3 N–H and O–H groups in total. The second-order valence-corrected chi connectivity index (χ2v) is 7.91. The van der Waals surface area contributed by atoms with E-state index in [0.717, 1.165) is 18.5 Å². The van der Waals surface area contributed by atoms with Crippen molar-refractivity contribution in [2.45, 2.75) is 57.5 Å². The monoisotopic (exact) mass is 384 g/mol. The Hall–Kier alpha value is -2.51. The van der Waals surface area contributed by atoms with Crippen molar-refractivity contribution in [3.8, 4) is 11.4 Å². The van der Waals surface area contributed by atoms with Crippen LogP contribution < -0.4 is 5.32 Å². The second kappa shape index (κ2) is 7.14. The molecule has 3 aromatic heterocycles. The number of hydrogen-bond acceptors (Lipinski definition) is 5. The lowest BCUT2D eigenvalue weighted by Crippen LogP contribution is -2.25. The Morgan fingerprint density at radius 3 is 2.82 bits per heavy atom. The molecule has 7 heteroatoms. The Morgan fingerprint density at radius 2 is 2.14 bits per heavy atom. The number of aromatic nitrogens is 3. The lowest BCUT2D eigenvalue weighted by molar-refractivity contribution is 0.0755. The van der Waals surface area contributed by atoms with E-state index in [-0.39, 0.29) is 12.6 Å². The van der Waals surface area contributed by atoms with Crippen LogP contribution in [-0.2, 0) is 12.2 Å². The van der Waals surface area contributed by atoms with Crippen molar-refractivity contribution in [1.82, 2.24) is 14.4 Å². The fourth-order valence-electron chi connectivity index (χ4n) is 3.86. The van der Waals surface area contributed by atoms with Crippen LogP contribution in [0.15, 0.2) is 36.7 Å². The van der Waals surface area contributed by atoms with Crippen LogP contribution in [0.4, 0.5) is 10.2 Å². The van der Waals surface area contributed by atoms with E-state index in [1.54, 1.807) is 32.3 Å². The zero-order valence-corrected chi connectivity index (χ0v) is 16.1. The lowest BCUT2D eigenvalue weighted by atomic mass is 9.95. The summed E-state index contributed by atoms with van der Waals surface area (Å²) in [6.45, 7) is 3.19. The largest absolute Gasteiger partial charge is 0.392 e. The molecule has 0 radical (unpaired) electrons. The van der Waals surface area contributed by atoms with E-state index in [9.17, 15) is 14.6 Å². The van der Waals surface area contributed by atoms with Gasteiger partial charge in [-0.25, -0.2) is 14.4 Å². The van der Waals surface area contributed by atoms with Crippen LogP contribution in [0.3, 0.4) is 0 Å². The first-order chi connectivity index (χ1) is 13.4. The Kier molecular flexibility index (Phi) is 4.81. The van der Waals surface area contributed by atoms with E-state index in [1.165, 1.54) is 0 Å². The maximum Gasteiger partial charge on any atom is 0.137 e. The third-order valence-electron chi connectivity index (χ3n) is 5.34. The van der Waals surface area contributed by atoms with E-state index in [4.69, 9.17) is 0 Å². The topological polar surface area (TPSA) is 82.7 Å². The summed E-state index contributed by atoms with van der Waals surface area (Å²) in [6.07, 6.45) is 4.95. The molecule has 2 atom stereocenters. The summed E-state index contributed by atoms with van der Waals surface area (Å²) >= 11 is 0. The Balaban J connectivity index is 1.74. The number of halogens is 1. The van der Waals surface area contributed by atoms with Gasteiger partial charge in [0.1, 0.15) is 17.6 Å². The van der Waals surface area contributed by atoms with Crippen LogP contribution >= 0.6 is 0 Å². The summed E-state index contributed by atoms with van der Waals surface area (Å²) in [5, 5.41) is 23.3. The van der Waals surface area contributed by atoms with Gasteiger partial charge in [-0.1, -0.05) is 6.07 Å². The lowest BCUT2D eigenvalue weighted by Gasteiger charge is -2.21. The number of alkyl halides is 1. The van der Waals surface area contributed by atoms with Crippen molar-refractivity contribution in [3.63, 3.8) is 0 Å². The van der Waals surface area contributed by atoms with E-state index in [1.807, 2.05) is 22.6 Å². The molecule has 148 valence electrons. The Labute approximate surface area is 163 Å². The first-order valence-electron chi connectivity index (χ1n) is 9.58.